The van der Waals surface area contributed by atoms with Crippen molar-refractivity contribution in [2.45, 2.75) is 31.6 Å². The van der Waals surface area contributed by atoms with Crippen LogP contribution in [0.5, 0.6) is 0 Å². The van der Waals surface area contributed by atoms with Crippen molar-refractivity contribution < 1.29 is 22.8 Å². The zero-order chi connectivity index (χ0) is 14.6. The van der Waals surface area contributed by atoms with Crippen LogP contribution in [0.4, 0.5) is 0 Å². The van der Waals surface area contributed by atoms with Crippen LogP contribution in [0, 0.1) is 0 Å². The van der Waals surface area contributed by atoms with E-state index < -0.39 is 22.4 Å². The van der Waals surface area contributed by atoms with E-state index in [9.17, 15) is 13.2 Å². The highest BCUT2D eigenvalue weighted by atomic mass is 32.2. The number of ether oxygens (including phenoxy) is 1. The predicted molar refractivity (Wildman–Crippen MR) is 71.0 cm³/mol. The summed E-state index contributed by atoms with van der Waals surface area (Å²) in [6.07, 6.45) is 3.47. The molecular formula is C11H21N3O5S. The molecular weight excluding hydrogens is 286 g/mol. The number of hydrogen-bond acceptors (Lipinski definition) is 6. The monoisotopic (exact) mass is 307 g/mol. The van der Waals surface area contributed by atoms with E-state index in [-0.39, 0.29) is 12.5 Å². The molecule has 0 aliphatic carbocycles. The summed E-state index contributed by atoms with van der Waals surface area (Å²) in [6, 6.07) is -0.609. The number of sulfonamides is 1. The number of nitrogens with one attached hydrogen (secondary N) is 2. The lowest BCUT2D eigenvalue weighted by Gasteiger charge is -2.31. The fourth-order valence-corrected chi connectivity index (χ4v) is 3.04. The van der Waals surface area contributed by atoms with E-state index in [1.807, 2.05) is 0 Å². The molecule has 8 nitrogen and oxygen atoms in total. The van der Waals surface area contributed by atoms with Gasteiger partial charge in [-0.25, -0.2) is 18.7 Å². The highest BCUT2D eigenvalue weighted by molar-refractivity contribution is 7.88. The van der Waals surface area contributed by atoms with Crippen LogP contribution in [-0.4, -0.2) is 63.5 Å². The van der Waals surface area contributed by atoms with E-state index in [1.54, 1.807) is 0 Å². The van der Waals surface area contributed by atoms with Gasteiger partial charge in [0.25, 0.3) is 5.91 Å². The SMILES string of the molecule is CS(=O)(=O)N1CCNC(C(=O)NOC2CCCCO2)C1. The van der Waals surface area contributed by atoms with Crippen LogP contribution < -0.4 is 10.8 Å². The number of amides is 1. The lowest BCUT2D eigenvalue weighted by molar-refractivity contribution is -0.201. The van der Waals surface area contributed by atoms with Gasteiger partial charge in [0.05, 0.1) is 6.26 Å². The van der Waals surface area contributed by atoms with Crippen molar-refractivity contribution >= 4 is 15.9 Å². The average Bonchev–Trinajstić information content (AvgIpc) is 2.45. The second-order valence-electron chi connectivity index (χ2n) is 5.01. The third kappa shape index (κ3) is 4.38. The number of nitrogens with zero attached hydrogens (tertiary/aromatic N) is 1. The molecule has 20 heavy (non-hydrogen) atoms. The zero-order valence-electron chi connectivity index (χ0n) is 11.5. The van der Waals surface area contributed by atoms with Crippen molar-refractivity contribution in [1.29, 1.82) is 0 Å². The standard InChI is InChI=1S/C11H21N3O5S/c1-20(16,17)14-6-5-12-9(8-14)11(15)13-19-10-4-2-3-7-18-10/h9-10,12H,2-8H2,1H3,(H,13,15). The van der Waals surface area contributed by atoms with Gasteiger partial charge in [0.2, 0.25) is 10.0 Å². The van der Waals surface area contributed by atoms with Crippen LogP contribution in [0.2, 0.25) is 0 Å². The molecule has 0 saturated carbocycles. The van der Waals surface area contributed by atoms with E-state index >= 15 is 0 Å². The molecule has 2 aliphatic heterocycles. The molecule has 9 heteroatoms. The number of carbonyl (C=O) groups excluding carboxylic acids is 1. The van der Waals surface area contributed by atoms with E-state index in [0.29, 0.717) is 19.7 Å². The number of hydroxylamine groups is 1. The van der Waals surface area contributed by atoms with Crippen LogP contribution in [0.3, 0.4) is 0 Å². The fourth-order valence-electron chi connectivity index (χ4n) is 2.20. The number of carbonyl (C=O) groups is 1. The minimum Gasteiger partial charge on any atom is -0.350 e. The zero-order valence-corrected chi connectivity index (χ0v) is 12.3. The van der Waals surface area contributed by atoms with Gasteiger partial charge in [0.15, 0.2) is 6.29 Å². The highest BCUT2D eigenvalue weighted by Crippen LogP contribution is 2.12. The third-order valence-corrected chi connectivity index (χ3v) is 4.62. The van der Waals surface area contributed by atoms with Gasteiger partial charge in [-0.2, -0.15) is 4.31 Å². The van der Waals surface area contributed by atoms with E-state index in [1.165, 1.54) is 4.31 Å². The van der Waals surface area contributed by atoms with Gasteiger partial charge in [0.1, 0.15) is 6.04 Å². The number of hydrogen-bond donors (Lipinski definition) is 2. The Morgan fingerprint density at radius 2 is 2.25 bits per heavy atom. The van der Waals surface area contributed by atoms with Crippen molar-refractivity contribution in [3.05, 3.63) is 0 Å². The van der Waals surface area contributed by atoms with Crippen LogP contribution >= 0.6 is 0 Å². The van der Waals surface area contributed by atoms with Gasteiger partial charge in [-0.05, 0) is 12.8 Å². The van der Waals surface area contributed by atoms with Gasteiger partial charge in [0, 0.05) is 32.7 Å². The molecule has 2 saturated heterocycles. The number of rotatable bonds is 4. The van der Waals surface area contributed by atoms with Crippen LogP contribution in [0.15, 0.2) is 0 Å². The predicted octanol–water partition coefficient (Wildman–Crippen LogP) is -1.21. The maximum absolute atomic E-state index is 11.9. The minimum atomic E-state index is -3.28. The van der Waals surface area contributed by atoms with E-state index in [0.717, 1.165) is 25.5 Å². The molecule has 2 aliphatic rings. The Kier molecular flexibility index (Phi) is 5.33. The summed E-state index contributed by atoms with van der Waals surface area (Å²) in [7, 11) is -3.28. The molecule has 0 aromatic rings. The molecule has 0 bridgehead atoms. The number of piperazine rings is 1. The first-order valence-electron chi connectivity index (χ1n) is 6.72. The summed E-state index contributed by atoms with van der Waals surface area (Å²) >= 11 is 0. The first kappa shape index (κ1) is 15.6. The Balaban J connectivity index is 1.79. The Morgan fingerprint density at radius 1 is 1.45 bits per heavy atom. The lowest BCUT2D eigenvalue weighted by atomic mass is 10.2. The summed E-state index contributed by atoms with van der Waals surface area (Å²) < 4.78 is 29.6. The molecule has 2 heterocycles. The molecule has 0 spiro atoms. The van der Waals surface area contributed by atoms with Crippen molar-refractivity contribution in [2.24, 2.45) is 0 Å². The summed E-state index contributed by atoms with van der Waals surface area (Å²) in [5.74, 6) is -0.382. The van der Waals surface area contributed by atoms with Crippen LogP contribution in [0.1, 0.15) is 19.3 Å². The van der Waals surface area contributed by atoms with Gasteiger partial charge < -0.3 is 10.1 Å². The van der Waals surface area contributed by atoms with Crippen molar-refractivity contribution in [2.75, 3.05) is 32.5 Å². The second kappa shape index (κ2) is 6.81. The Hall–Kier alpha value is -0.740. The van der Waals surface area contributed by atoms with Crippen LogP contribution in [-0.2, 0) is 24.4 Å². The molecule has 116 valence electrons. The average molecular weight is 307 g/mol. The Labute approximate surface area is 118 Å². The quantitative estimate of drug-likeness (QED) is 0.633. The highest BCUT2D eigenvalue weighted by Gasteiger charge is 2.30. The first-order chi connectivity index (χ1) is 9.47. The van der Waals surface area contributed by atoms with Crippen molar-refractivity contribution in [1.82, 2.24) is 15.1 Å². The molecule has 0 aromatic heterocycles. The molecule has 2 N–H and O–H groups in total. The first-order valence-corrected chi connectivity index (χ1v) is 8.57. The lowest BCUT2D eigenvalue weighted by Crippen LogP contribution is -2.58. The maximum atomic E-state index is 11.9. The second-order valence-corrected chi connectivity index (χ2v) is 6.99. The van der Waals surface area contributed by atoms with Crippen molar-refractivity contribution in [3.8, 4) is 0 Å². The summed E-state index contributed by atoms with van der Waals surface area (Å²) in [4.78, 5) is 17.1. The molecule has 0 radical (unpaired) electrons. The summed E-state index contributed by atoms with van der Waals surface area (Å²) in [6.45, 7) is 1.55. The summed E-state index contributed by atoms with van der Waals surface area (Å²) in [5.41, 5.74) is 2.35. The van der Waals surface area contributed by atoms with Crippen LogP contribution in [0.25, 0.3) is 0 Å². The summed E-state index contributed by atoms with van der Waals surface area (Å²) in [5, 5.41) is 2.97. The van der Waals surface area contributed by atoms with Gasteiger partial charge in [-0.15, -0.1) is 0 Å². The molecule has 2 rings (SSSR count). The van der Waals surface area contributed by atoms with Gasteiger partial charge in [-0.3, -0.25) is 4.79 Å². The Morgan fingerprint density at radius 3 is 2.90 bits per heavy atom. The topological polar surface area (TPSA) is 97.0 Å². The maximum Gasteiger partial charge on any atom is 0.262 e. The van der Waals surface area contributed by atoms with E-state index in [4.69, 9.17) is 9.57 Å². The van der Waals surface area contributed by atoms with Gasteiger partial charge >= 0.3 is 0 Å². The Bertz CT molecular complexity index is 435. The van der Waals surface area contributed by atoms with E-state index in [2.05, 4.69) is 10.8 Å². The molecule has 2 atom stereocenters. The largest absolute Gasteiger partial charge is 0.350 e. The molecule has 2 fully saturated rings. The molecule has 1 amide bonds. The molecule has 2 unspecified atom stereocenters. The smallest absolute Gasteiger partial charge is 0.262 e. The normalized spacial score (nSPS) is 29.1. The fraction of sp³-hybridized carbons (Fsp3) is 0.909. The molecule has 0 aromatic carbocycles. The van der Waals surface area contributed by atoms with Crippen molar-refractivity contribution in [3.63, 3.8) is 0 Å². The third-order valence-electron chi connectivity index (χ3n) is 3.35. The van der Waals surface area contributed by atoms with Gasteiger partial charge in [-0.1, -0.05) is 0 Å². The minimum absolute atomic E-state index is 0.111.